The molecule has 2 aromatic heterocycles. The van der Waals surface area contributed by atoms with Crippen molar-refractivity contribution in [1.82, 2.24) is 19.9 Å². The number of aryl methyl sites for hydroxylation is 2. The van der Waals surface area contributed by atoms with Crippen LogP contribution in [-0.4, -0.2) is 56.1 Å². The van der Waals surface area contributed by atoms with Crippen molar-refractivity contribution in [2.45, 2.75) is 70.9 Å². The van der Waals surface area contributed by atoms with Crippen molar-refractivity contribution < 1.29 is 31.9 Å². The van der Waals surface area contributed by atoms with Crippen molar-refractivity contribution >= 4 is 11.9 Å². The lowest BCUT2D eigenvalue weighted by Crippen LogP contribution is -2.46. The van der Waals surface area contributed by atoms with Gasteiger partial charge >= 0.3 is 12.3 Å². The number of likely N-dealkylation sites (tertiary alicyclic amines) is 1. The Labute approximate surface area is 194 Å². The Morgan fingerprint density at radius 3 is 2.35 bits per heavy atom. The number of halogens is 4. The smallest absolute Gasteiger partial charge is 0.444 e. The largest absolute Gasteiger partial charge is 0.451 e. The van der Waals surface area contributed by atoms with Gasteiger partial charge in [-0.3, -0.25) is 14.7 Å². The maximum absolute atomic E-state index is 14.5. The van der Waals surface area contributed by atoms with E-state index in [0.29, 0.717) is 22.5 Å². The number of pyridine rings is 1. The van der Waals surface area contributed by atoms with Gasteiger partial charge in [0.25, 0.3) is 0 Å². The molecule has 1 amide bonds. The Morgan fingerprint density at radius 1 is 1.12 bits per heavy atom. The van der Waals surface area contributed by atoms with E-state index >= 15 is 0 Å². The molecule has 3 heterocycles. The standard InChI is InChI=1S/C23H26F4N4O3/c1-13-9-14(15-11-28-20(29-12-15)23(25,26)27)10-16(30-13)5-6-18(32)19-17(24)7-8-31(19)21(33)34-22(2,3)4/h9-12,17,19H,5-8H2,1-4H3/t17-,19-/m0/s1. The van der Waals surface area contributed by atoms with Crippen molar-refractivity contribution in [2.24, 2.45) is 0 Å². The van der Waals surface area contributed by atoms with Crippen LogP contribution in [0.25, 0.3) is 11.1 Å². The molecule has 2 atom stereocenters. The molecule has 1 saturated heterocycles. The number of rotatable bonds is 5. The number of carbonyl (C=O) groups is 2. The average molecular weight is 482 g/mol. The molecule has 11 heteroatoms. The number of ketones is 1. The number of hydrogen-bond acceptors (Lipinski definition) is 6. The second-order valence-electron chi connectivity index (χ2n) is 9.17. The van der Waals surface area contributed by atoms with Crippen molar-refractivity contribution in [3.63, 3.8) is 0 Å². The van der Waals surface area contributed by atoms with E-state index in [0.717, 1.165) is 17.3 Å². The van der Waals surface area contributed by atoms with E-state index in [1.807, 2.05) is 0 Å². The maximum atomic E-state index is 14.5. The summed E-state index contributed by atoms with van der Waals surface area (Å²) in [6, 6.07) is 2.07. The summed E-state index contributed by atoms with van der Waals surface area (Å²) >= 11 is 0. The van der Waals surface area contributed by atoms with Gasteiger partial charge in [0.2, 0.25) is 5.82 Å². The lowest BCUT2D eigenvalue weighted by atomic mass is 10.0. The van der Waals surface area contributed by atoms with E-state index in [1.54, 1.807) is 39.8 Å². The van der Waals surface area contributed by atoms with Crippen LogP contribution in [0.2, 0.25) is 0 Å². The fraction of sp³-hybridized carbons (Fsp3) is 0.522. The summed E-state index contributed by atoms with van der Waals surface area (Å²) in [6.07, 6.45) is -4.55. The zero-order chi connectivity index (χ0) is 25.3. The Kier molecular flexibility index (Phi) is 7.23. The molecule has 1 aliphatic heterocycles. The Balaban J connectivity index is 1.72. The van der Waals surface area contributed by atoms with Crippen LogP contribution in [0.1, 0.15) is 50.8 Å². The molecule has 1 aliphatic rings. The zero-order valence-corrected chi connectivity index (χ0v) is 19.3. The van der Waals surface area contributed by atoms with Gasteiger partial charge in [0.05, 0.1) is 0 Å². The third-order valence-corrected chi connectivity index (χ3v) is 5.15. The highest BCUT2D eigenvalue weighted by molar-refractivity contribution is 5.89. The van der Waals surface area contributed by atoms with Crippen molar-refractivity contribution in [2.75, 3.05) is 6.54 Å². The van der Waals surface area contributed by atoms with E-state index in [2.05, 4.69) is 15.0 Å². The van der Waals surface area contributed by atoms with E-state index in [4.69, 9.17) is 4.74 Å². The maximum Gasteiger partial charge on any atom is 0.451 e. The lowest BCUT2D eigenvalue weighted by molar-refractivity contribution is -0.145. The number of alkyl halides is 4. The van der Waals surface area contributed by atoms with E-state index < -0.39 is 41.7 Å². The van der Waals surface area contributed by atoms with Crippen molar-refractivity contribution in [3.8, 4) is 11.1 Å². The third kappa shape index (κ3) is 6.27. The Morgan fingerprint density at radius 2 is 1.76 bits per heavy atom. The fourth-order valence-corrected chi connectivity index (χ4v) is 3.71. The average Bonchev–Trinajstić information content (AvgIpc) is 3.11. The number of amides is 1. The van der Waals surface area contributed by atoms with Crippen LogP contribution in [0.5, 0.6) is 0 Å². The minimum atomic E-state index is -4.64. The van der Waals surface area contributed by atoms with Crippen LogP contribution >= 0.6 is 0 Å². The predicted molar refractivity (Wildman–Crippen MR) is 115 cm³/mol. The van der Waals surface area contributed by atoms with Crippen LogP contribution in [0, 0.1) is 6.92 Å². The molecule has 0 bridgehead atoms. The molecular weight excluding hydrogens is 456 g/mol. The molecule has 0 aromatic carbocycles. The highest BCUT2D eigenvalue weighted by Gasteiger charge is 2.43. The van der Waals surface area contributed by atoms with Gasteiger partial charge in [-0.25, -0.2) is 19.2 Å². The SMILES string of the molecule is Cc1cc(-c2cnc(C(F)(F)F)nc2)cc(CCC(=O)[C@@H]2[C@@H](F)CCN2C(=O)OC(C)(C)C)n1. The molecule has 0 unspecified atom stereocenters. The summed E-state index contributed by atoms with van der Waals surface area (Å²) in [5.74, 6) is -1.68. The molecule has 0 N–H and O–H groups in total. The monoisotopic (exact) mass is 482 g/mol. The van der Waals surface area contributed by atoms with Gasteiger partial charge in [-0.05, 0) is 58.2 Å². The first-order chi connectivity index (χ1) is 15.7. The molecular formula is C23H26F4N4O3. The second-order valence-corrected chi connectivity index (χ2v) is 9.17. The number of Topliss-reactive ketones (excluding diaryl/α,β-unsaturated/α-hetero) is 1. The van der Waals surface area contributed by atoms with Gasteiger partial charge in [-0.2, -0.15) is 13.2 Å². The summed E-state index contributed by atoms with van der Waals surface area (Å²) in [5, 5.41) is 0. The van der Waals surface area contributed by atoms with Crippen LogP contribution in [0.15, 0.2) is 24.5 Å². The Bertz CT molecular complexity index is 1050. The fourth-order valence-electron chi connectivity index (χ4n) is 3.71. The molecule has 3 rings (SSSR count). The number of ether oxygens (including phenoxy) is 1. The second kappa shape index (κ2) is 9.63. The molecule has 7 nitrogen and oxygen atoms in total. The number of carbonyl (C=O) groups excluding carboxylic acids is 2. The third-order valence-electron chi connectivity index (χ3n) is 5.15. The van der Waals surface area contributed by atoms with Gasteiger partial charge in [0, 0.05) is 42.3 Å². The quantitative estimate of drug-likeness (QED) is 0.574. The summed E-state index contributed by atoms with van der Waals surface area (Å²) in [6.45, 7) is 6.86. The first-order valence-electron chi connectivity index (χ1n) is 10.8. The van der Waals surface area contributed by atoms with Crippen LogP contribution in [0.3, 0.4) is 0 Å². The van der Waals surface area contributed by atoms with Crippen LogP contribution in [-0.2, 0) is 22.1 Å². The number of aromatic nitrogens is 3. The van der Waals surface area contributed by atoms with Crippen molar-refractivity contribution in [1.29, 1.82) is 0 Å². The summed E-state index contributed by atoms with van der Waals surface area (Å²) in [4.78, 5) is 37.5. The van der Waals surface area contributed by atoms with Crippen LogP contribution in [0.4, 0.5) is 22.4 Å². The molecule has 2 aromatic rings. The number of hydrogen-bond donors (Lipinski definition) is 0. The molecule has 0 radical (unpaired) electrons. The minimum absolute atomic E-state index is 0.0520. The van der Waals surface area contributed by atoms with Gasteiger partial charge in [-0.1, -0.05) is 0 Å². The molecule has 0 aliphatic carbocycles. The van der Waals surface area contributed by atoms with E-state index in [9.17, 15) is 27.2 Å². The van der Waals surface area contributed by atoms with Crippen molar-refractivity contribution in [3.05, 3.63) is 41.7 Å². The summed E-state index contributed by atoms with van der Waals surface area (Å²) < 4.78 is 57.9. The molecule has 184 valence electrons. The minimum Gasteiger partial charge on any atom is -0.444 e. The summed E-state index contributed by atoms with van der Waals surface area (Å²) in [7, 11) is 0. The first-order valence-corrected chi connectivity index (χ1v) is 10.8. The van der Waals surface area contributed by atoms with E-state index in [-0.39, 0.29) is 25.8 Å². The molecule has 1 fully saturated rings. The van der Waals surface area contributed by atoms with Gasteiger partial charge < -0.3 is 4.74 Å². The van der Waals surface area contributed by atoms with Crippen LogP contribution < -0.4 is 0 Å². The first kappa shape index (κ1) is 25.5. The summed E-state index contributed by atoms with van der Waals surface area (Å²) in [5.41, 5.74) is 1.22. The van der Waals surface area contributed by atoms with E-state index in [1.165, 1.54) is 0 Å². The lowest BCUT2D eigenvalue weighted by Gasteiger charge is -2.28. The molecule has 0 spiro atoms. The molecule has 0 saturated carbocycles. The predicted octanol–water partition coefficient (Wildman–Crippen LogP) is 4.72. The van der Waals surface area contributed by atoms with Gasteiger partial charge in [0.1, 0.15) is 17.8 Å². The number of nitrogens with zero attached hydrogens (tertiary/aromatic N) is 4. The topological polar surface area (TPSA) is 85.3 Å². The van der Waals surface area contributed by atoms with Gasteiger partial charge in [-0.15, -0.1) is 0 Å². The normalized spacial score (nSPS) is 18.8. The zero-order valence-electron chi connectivity index (χ0n) is 19.3. The Hall–Kier alpha value is -3.11. The molecule has 34 heavy (non-hydrogen) atoms. The highest BCUT2D eigenvalue weighted by Crippen LogP contribution is 2.28. The highest BCUT2D eigenvalue weighted by atomic mass is 19.4. The van der Waals surface area contributed by atoms with Gasteiger partial charge in [0.15, 0.2) is 5.78 Å².